The third-order valence-corrected chi connectivity index (χ3v) is 7.14. The van der Waals surface area contributed by atoms with Crippen LogP contribution in [0.25, 0.3) is 0 Å². The van der Waals surface area contributed by atoms with Crippen molar-refractivity contribution in [2.45, 2.75) is 59.5 Å². The first-order valence-electron chi connectivity index (χ1n) is 11.8. The van der Waals surface area contributed by atoms with Crippen molar-refractivity contribution < 1.29 is 22.4 Å². The van der Waals surface area contributed by atoms with Gasteiger partial charge in [0.25, 0.3) is 0 Å². The molecule has 0 fully saturated rings. The fourth-order valence-corrected chi connectivity index (χ4v) is 4.63. The SMILES string of the molecule is CCCNC(=O)[C@@H](C)N(Cc1ccccc1F)C(=O)CCCN(c1ccc(C)c(C)c1)S(C)(=O)=O. The van der Waals surface area contributed by atoms with Gasteiger partial charge in [-0.3, -0.25) is 13.9 Å². The first kappa shape index (κ1) is 28.3. The number of sulfonamides is 1. The molecule has 0 radical (unpaired) electrons. The number of anilines is 1. The van der Waals surface area contributed by atoms with E-state index in [1.807, 2.05) is 32.9 Å². The Kier molecular flexibility index (Phi) is 10.2. The van der Waals surface area contributed by atoms with E-state index in [1.54, 1.807) is 31.2 Å². The fourth-order valence-electron chi connectivity index (χ4n) is 3.67. The van der Waals surface area contributed by atoms with Crippen LogP contribution < -0.4 is 9.62 Å². The van der Waals surface area contributed by atoms with Gasteiger partial charge in [-0.1, -0.05) is 31.2 Å². The van der Waals surface area contributed by atoms with Gasteiger partial charge < -0.3 is 10.2 Å². The van der Waals surface area contributed by atoms with Crippen molar-refractivity contribution in [1.82, 2.24) is 10.2 Å². The molecule has 2 aromatic rings. The number of rotatable bonds is 12. The number of halogens is 1. The highest BCUT2D eigenvalue weighted by Gasteiger charge is 2.27. The number of carbonyl (C=O) groups is 2. The number of carbonyl (C=O) groups excluding carboxylic acids is 2. The molecular formula is C26H36FN3O4S. The number of nitrogens with zero attached hydrogens (tertiary/aromatic N) is 2. The van der Waals surface area contributed by atoms with Crippen LogP contribution in [0.15, 0.2) is 42.5 Å². The van der Waals surface area contributed by atoms with Crippen molar-refractivity contribution in [3.05, 3.63) is 65.0 Å². The van der Waals surface area contributed by atoms with Gasteiger partial charge in [-0.2, -0.15) is 0 Å². The molecule has 0 saturated carbocycles. The molecule has 9 heteroatoms. The second kappa shape index (κ2) is 12.7. The minimum absolute atomic E-state index is 0.0106. The summed E-state index contributed by atoms with van der Waals surface area (Å²) in [5.74, 6) is -1.12. The Labute approximate surface area is 208 Å². The molecule has 0 saturated heterocycles. The number of hydrogen-bond acceptors (Lipinski definition) is 4. The summed E-state index contributed by atoms with van der Waals surface area (Å²) >= 11 is 0. The lowest BCUT2D eigenvalue weighted by Crippen LogP contribution is -2.48. The van der Waals surface area contributed by atoms with Gasteiger partial charge >= 0.3 is 0 Å². The number of hydrogen-bond donors (Lipinski definition) is 1. The van der Waals surface area contributed by atoms with Gasteiger partial charge in [0.05, 0.1) is 11.9 Å². The van der Waals surface area contributed by atoms with Crippen LogP contribution >= 0.6 is 0 Å². The Morgan fingerprint density at radius 1 is 1.09 bits per heavy atom. The molecule has 0 aliphatic heterocycles. The zero-order valence-electron chi connectivity index (χ0n) is 21.2. The molecule has 0 unspecified atom stereocenters. The van der Waals surface area contributed by atoms with Crippen LogP contribution in [-0.4, -0.2) is 50.5 Å². The molecular weight excluding hydrogens is 469 g/mol. The highest BCUT2D eigenvalue weighted by atomic mass is 32.2. The van der Waals surface area contributed by atoms with E-state index in [-0.39, 0.29) is 37.7 Å². The summed E-state index contributed by atoms with van der Waals surface area (Å²) in [7, 11) is -3.57. The lowest BCUT2D eigenvalue weighted by atomic mass is 10.1. The molecule has 1 N–H and O–H groups in total. The molecule has 35 heavy (non-hydrogen) atoms. The van der Waals surface area contributed by atoms with Gasteiger partial charge in [-0.25, -0.2) is 12.8 Å². The molecule has 0 spiro atoms. The van der Waals surface area contributed by atoms with Crippen molar-refractivity contribution in [2.75, 3.05) is 23.7 Å². The minimum Gasteiger partial charge on any atom is -0.354 e. The van der Waals surface area contributed by atoms with Gasteiger partial charge in [0.1, 0.15) is 11.9 Å². The third-order valence-electron chi connectivity index (χ3n) is 5.95. The summed E-state index contributed by atoms with van der Waals surface area (Å²) in [6.07, 6.45) is 2.14. The first-order valence-corrected chi connectivity index (χ1v) is 13.7. The predicted molar refractivity (Wildman–Crippen MR) is 137 cm³/mol. The first-order chi connectivity index (χ1) is 16.5. The largest absolute Gasteiger partial charge is 0.354 e. The molecule has 2 amide bonds. The zero-order valence-corrected chi connectivity index (χ0v) is 22.0. The predicted octanol–water partition coefficient (Wildman–Crippen LogP) is 3.93. The fraction of sp³-hybridized carbons (Fsp3) is 0.462. The molecule has 2 rings (SSSR count). The second-order valence-corrected chi connectivity index (χ2v) is 10.7. The van der Waals surface area contributed by atoms with E-state index in [2.05, 4.69) is 5.32 Å². The second-order valence-electron chi connectivity index (χ2n) is 8.79. The van der Waals surface area contributed by atoms with Crippen molar-refractivity contribution in [3.63, 3.8) is 0 Å². The lowest BCUT2D eigenvalue weighted by Gasteiger charge is -2.29. The van der Waals surface area contributed by atoms with Crippen LogP contribution in [0.5, 0.6) is 0 Å². The lowest BCUT2D eigenvalue weighted by molar-refractivity contribution is -0.140. The van der Waals surface area contributed by atoms with E-state index in [0.29, 0.717) is 17.8 Å². The van der Waals surface area contributed by atoms with E-state index in [4.69, 9.17) is 0 Å². The Balaban J connectivity index is 2.18. The van der Waals surface area contributed by atoms with Crippen molar-refractivity contribution in [1.29, 1.82) is 0 Å². The maximum absolute atomic E-state index is 14.3. The van der Waals surface area contributed by atoms with Crippen LogP contribution in [0.1, 0.15) is 49.8 Å². The number of aryl methyl sites for hydroxylation is 2. The van der Waals surface area contributed by atoms with Crippen LogP contribution in [0.2, 0.25) is 0 Å². The quantitative estimate of drug-likeness (QED) is 0.474. The average molecular weight is 506 g/mol. The molecule has 2 aromatic carbocycles. The Morgan fingerprint density at radius 2 is 1.77 bits per heavy atom. The van der Waals surface area contributed by atoms with Gasteiger partial charge in [0.15, 0.2) is 0 Å². The van der Waals surface area contributed by atoms with Crippen molar-refractivity contribution in [2.24, 2.45) is 0 Å². The Bertz CT molecular complexity index is 1140. The zero-order chi connectivity index (χ0) is 26.2. The highest BCUT2D eigenvalue weighted by Crippen LogP contribution is 2.22. The maximum atomic E-state index is 14.3. The number of benzene rings is 2. The molecule has 0 aliphatic rings. The van der Waals surface area contributed by atoms with Crippen LogP contribution in [0, 0.1) is 19.7 Å². The normalized spacial score (nSPS) is 12.2. The van der Waals surface area contributed by atoms with E-state index in [1.165, 1.54) is 15.3 Å². The summed E-state index contributed by atoms with van der Waals surface area (Å²) in [6, 6.07) is 10.7. The van der Waals surface area contributed by atoms with Crippen molar-refractivity contribution >= 4 is 27.5 Å². The standard InChI is InChI=1S/C26H36FN3O4S/c1-6-15-28-26(32)21(4)29(18-22-10-7-8-11-24(22)27)25(31)12-9-16-30(35(5,33)34)23-14-13-19(2)20(3)17-23/h7-8,10-11,13-14,17,21H,6,9,12,15-16,18H2,1-5H3,(H,28,32)/t21-/m1/s1. The monoisotopic (exact) mass is 505 g/mol. The average Bonchev–Trinajstić information content (AvgIpc) is 2.80. The highest BCUT2D eigenvalue weighted by molar-refractivity contribution is 7.92. The maximum Gasteiger partial charge on any atom is 0.242 e. The van der Waals surface area contributed by atoms with Gasteiger partial charge in [0.2, 0.25) is 21.8 Å². The van der Waals surface area contributed by atoms with E-state index in [0.717, 1.165) is 23.8 Å². The Morgan fingerprint density at radius 3 is 2.37 bits per heavy atom. The van der Waals surface area contributed by atoms with Crippen LogP contribution in [0.4, 0.5) is 10.1 Å². The summed E-state index contributed by atoms with van der Waals surface area (Å²) in [6.45, 7) is 7.93. The van der Waals surface area contributed by atoms with E-state index in [9.17, 15) is 22.4 Å². The van der Waals surface area contributed by atoms with Crippen molar-refractivity contribution in [3.8, 4) is 0 Å². The molecule has 7 nitrogen and oxygen atoms in total. The minimum atomic E-state index is -3.57. The van der Waals surface area contributed by atoms with E-state index < -0.39 is 21.9 Å². The molecule has 0 bridgehead atoms. The Hall–Kier alpha value is -2.94. The van der Waals surface area contributed by atoms with Gasteiger partial charge in [-0.05, 0) is 62.9 Å². The number of amides is 2. The van der Waals surface area contributed by atoms with Crippen LogP contribution in [0.3, 0.4) is 0 Å². The molecule has 0 aliphatic carbocycles. The van der Waals surface area contributed by atoms with E-state index >= 15 is 0 Å². The van der Waals surface area contributed by atoms with Gasteiger partial charge in [-0.15, -0.1) is 0 Å². The topological polar surface area (TPSA) is 86.8 Å². The third kappa shape index (κ3) is 8.06. The number of nitrogens with one attached hydrogen (secondary N) is 1. The molecule has 1 atom stereocenters. The smallest absolute Gasteiger partial charge is 0.242 e. The summed E-state index contributed by atoms with van der Waals surface area (Å²) in [4.78, 5) is 27.1. The molecule has 192 valence electrons. The summed E-state index contributed by atoms with van der Waals surface area (Å²) in [5.41, 5.74) is 2.87. The molecule has 0 heterocycles. The summed E-state index contributed by atoms with van der Waals surface area (Å²) in [5, 5.41) is 2.78. The van der Waals surface area contributed by atoms with Crippen LogP contribution in [-0.2, 0) is 26.2 Å². The summed E-state index contributed by atoms with van der Waals surface area (Å²) < 4.78 is 40.5. The van der Waals surface area contributed by atoms with Gasteiger partial charge in [0, 0.05) is 31.6 Å². The molecule has 0 aromatic heterocycles.